The van der Waals surface area contributed by atoms with E-state index < -0.39 is 6.09 Å². The molecule has 29 heavy (non-hydrogen) atoms. The second kappa shape index (κ2) is 9.29. The second-order valence-corrected chi connectivity index (χ2v) is 7.68. The van der Waals surface area contributed by atoms with Gasteiger partial charge >= 0.3 is 6.09 Å². The van der Waals surface area contributed by atoms with Gasteiger partial charge in [0.1, 0.15) is 0 Å². The molecule has 0 saturated heterocycles. The monoisotopic (exact) mass is 417 g/mol. The average molecular weight is 418 g/mol. The summed E-state index contributed by atoms with van der Waals surface area (Å²) < 4.78 is 0. The first kappa shape index (κ1) is 22.7. The van der Waals surface area contributed by atoms with Crippen LogP contribution in [-0.2, 0) is 11.3 Å². The first-order valence-electron chi connectivity index (χ1n) is 9.43. The van der Waals surface area contributed by atoms with Gasteiger partial charge in [-0.2, -0.15) is 0 Å². The zero-order valence-electron chi connectivity index (χ0n) is 17.2. The van der Waals surface area contributed by atoms with Gasteiger partial charge in [-0.15, -0.1) is 12.4 Å². The molecule has 6 nitrogen and oxygen atoms in total. The Hall–Kier alpha value is -2.57. The van der Waals surface area contributed by atoms with E-state index in [1.54, 1.807) is 11.8 Å². The molecule has 0 saturated carbocycles. The lowest BCUT2D eigenvalue weighted by atomic mass is 9.89. The van der Waals surface area contributed by atoms with Crippen molar-refractivity contribution in [2.45, 2.75) is 38.9 Å². The Morgan fingerprint density at radius 3 is 2.31 bits per heavy atom. The maximum Gasteiger partial charge on any atom is 0.405 e. The standard InChI is InChI=1S/C22H27N3O3.ClH/c1-14-11-20(23-22(27)28)19-12-18(9-10-21(19)25(14)15(2)26)17-7-5-16(6-8-17)13-24(3)4;/h5-10,12,14,20,23H,11,13H2,1-4H3,(H,27,28);1H. The molecule has 2 amide bonds. The third kappa shape index (κ3) is 5.08. The highest BCUT2D eigenvalue weighted by atomic mass is 35.5. The number of anilines is 1. The average Bonchev–Trinajstić information content (AvgIpc) is 2.61. The summed E-state index contributed by atoms with van der Waals surface area (Å²) in [7, 11) is 4.07. The van der Waals surface area contributed by atoms with Gasteiger partial charge in [0.15, 0.2) is 0 Å². The number of carboxylic acid groups (broad SMARTS) is 1. The molecule has 2 N–H and O–H groups in total. The molecular formula is C22H28ClN3O3. The maximum absolute atomic E-state index is 12.2. The summed E-state index contributed by atoms with van der Waals surface area (Å²) in [6.07, 6.45) is -0.512. The molecule has 2 atom stereocenters. The molecule has 0 radical (unpaired) electrons. The van der Waals surface area contributed by atoms with E-state index >= 15 is 0 Å². The molecule has 1 heterocycles. The number of rotatable bonds is 4. The third-order valence-electron chi connectivity index (χ3n) is 5.10. The molecule has 0 spiro atoms. The van der Waals surface area contributed by atoms with Gasteiger partial charge in [0, 0.05) is 25.2 Å². The van der Waals surface area contributed by atoms with Gasteiger partial charge in [0.05, 0.1) is 6.04 Å². The molecule has 2 unspecified atom stereocenters. The van der Waals surface area contributed by atoms with E-state index in [0.717, 1.165) is 28.9 Å². The van der Waals surface area contributed by atoms with Gasteiger partial charge in [-0.3, -0.25) is 4.79 Å². The lowest BCUT2D eigenvalue weighted by Crippen LogP contribution is -2.45. The van der Waals surface area contributed by atoms with Crippen molar-refractivity contribution in [2.75, 3.05) is 19.0 Å². The summed E-state index contributed by atoms with van der Waals surface area (Å²) in [6, 6.07) is 13.9. The smallest absolute Gasteiger partial charge is 0.405 e. The normalized spacial score (nSPS) is 18.0. The van der Waals surface area contributed by atoms with Crippen LogP contribution < -0.4 is 10.2 Å². The molecule has 156 valence electrons. The summed E-state index contributed by atoms with van der Waals surface area (Å²) in [5.41, 5.74) is 4.91. The highest BCUT2D eigenvalue weighted by Gasteiger charge is 2.33. The van der Waals surface area contributed by atoms with Gasteiger partial charge in [-0.25, -0.2) is 4.79 Å². The van der Waals surface area contributed by atoms with Crippen molar-refractivity contribution in [2.24, 2.45) is 0 Å². The van der Waals surface area contributed by atoms with Crippen LogP contribution in [0, 0.1) is 0 Å². The highest BCUT2D eigenvalue weighted by molar-refractivity contribution is 5.94. The fourth-order valence-corrected chi connectivity index (χ4v) is 3.98. The van der Waals surface area contributed by atoms with Crippen LogP contribution in [0.1, 0.15) is 37.4 Å². The van der Waals surface area contributed by atoms with E-state index in [0.29, 0.717) is 6.42 Å². The Morgan fingerprint density at radius 2 is 1.76 bits per heavy atom. The van der Waals surface area contributed by atoms with Crippen LogP contribution >= 0.6 is 12.4 Å². The Labute approximate surface area is 177 Å². The molecule has 2 aromatic carbocycles. The van der Waals surface area contributed by atoms with E-state index in [2.05, 4.69) is 34.5 Å². The minimum absolute atomic E-state index is 0. The van der Waals surface area contributed by atoms with E-state index in [4.69, 9.17) is 0 Å². The Balaban J connectivity index is 0.00000300. The van der Waals surface area contributed by atoms with Crippen LogP contribution in [0.5, 0.6) is 0 Å². The molecule has 0 aliphatic carbocycles. The topological polar surface area (TPSA) is 72.9 Å². The number of halogens is 1. The van der Waals surface area contributed by atoms with Crippen molar-refractivity contribution in [3.8, 4) is 11.1 Å². The van der Waals surface area contributed by atoms with Crippen LogP contribution in [-0.4, -0.2) is 42.1 Å². The molecular weight excluding hydrogens is 390 g/mol. The second-order valence-electron chi connectivity index (χ2n) is 7.68. The first-order valence-corrected chi connectivity index (χ1v) is 9.43. The van der Waals surface area contributed by atoms with Crippen molar-refractivity contribution in [1.82, 2.24) is 10.2 Å². The fraction of sp³-hybridized carbons (Fsp3) is 0.364. The van der Waals surface area contributed by atoms with E-state index in [-0.39, 0.29) is 30.4 Å². The number of carbonyl (C=O) groups is 2. The number of benzene rings is 2. The van der Waals surface area contributed by atoms with E-state index in [9.17, 15) is 14.7 Å². The zero-order valence-corrected chi connectivity index (χ0v) is 18.0. The van der Waals surface area contributed by atoms with Crippen LogP contribution in [0.4, 0.5) is 10.5 Å². The van der Waals surface area contributed by atoms with Crippen molar-refractivity contribution in [1.29, 1.82) is 0 Å². The van der Waals surface area contributed by atoms with Gasteiger partial charge in [0.2, 0.25) is 5.91 Å². The number of carbonyl (C=O) groups excluding carboxylic acids is 1. The van der Waals surface area contributed by atoms with Crippen LogP contribution in [0.25, 0.3) is 11.1 Å². The Morgan fingerprint density at radius 1 is 1.14 bits per heavy atom. The molecule has 0 aromatic heterocycles. The molecule has 0 bridgehead atoms. The lowest BCUT2D eigenvalue weighted by Gasteiger charge is -2.39. The van der Waals surface area contributed by atoms with Crippen LogP contribution in [0.3, 0.4) is 0 Å². The molecule has 0 fully saturated rings. The largest absolute Gasteiger partial charge is 0.465 e. The number of hydrogen-bond donors (Lipinski definition) is 2. The van der Waals surface area contributed by atoms with Gasteiger partial charge in [0.25, 0.3) is 0 Å². The SMILES string of the molecule is CC(=O)N1c2ccc(-c3ccc(CN(C)C)cc3)cc2C(NC(=O)O)CC1C.Cl. The predicted molar refractivity (Wildman–Crippen MR) is 118 cm³/mol. The minimum atomic E-state index is -1.06. The van der Waals surface area contributed by atoms with Crippen LogP contribution in [0.2, 0.25) is 0 Å². The van der Waals surface area contributed by atoms with Crippen molar-refractivity contribution >= 4 is 30.1 Å². The zero-order chi connectivity index (χ0) is 20.4. The molecule has 1 aliphatic heterocycles. The summed E-state index contributed by atoms with van der Waals surface area (Å²) in [5.74, 6) is -0.0386. The van der Waals surface area contributed by atoms with Crippen molar-refractivity contribution < 1.29 is 14.7 Å². The molecule has 2 aromatic rings. The number of fused-ring (bicyclic) bond motifs is 1. The lowest BCUT2D eigenvalue weighted by molar-refractivity contribution is -0.117. The number of amides is 2. The summed E-state index contributed by atoms with van der Waals surface area (Å²) in [6.45, 7) is 4.36. The molecule has 7 heteroatoms. The number of hydrogen-bond acceptors (Lipinski definition) is 3. The molecule has 1 aliphatic rings. The fourth-order valence-electron chi connectivity index (χ4n) is 3.98. The summed E-state index contributed by atoms with van der Waals surface area (Å²) in [5, 5.41) is 11.9. The summed E-state index contributed by atoms with van der Waals surface area (Å²) >= 11 is 0. The number of nitrogens with one attached hydrogen (secondary N) is 1. The van der Waals surface area contributed by atoms with Crippen molar-refractivity contribution in [3.05, 3.63) is 53.6 Å². The Kier molecular flexibility index (Phi) is 7.27. The summed E-state index contributed by atoms with van der Waals surface area (Å²) in [4.78, 5) is 27.3. The molecule has 3 rings (SSSR count). The minimum Gasteiger partial charge on any atom is -0.465 e. The van der Waals surface area contributed by atoms with Gasteiger partial charge < -0.3 is 20.2 Å². The van der Waals surface area contributed by atoms with E-state index in [1.165, 1.54) is 5.56 Å². The third-order valence-corrected chi connectivity index (χ3v) is 5.10. The number of nitrogens with zero attached hydrogens (tertiary/aromatic N) is 2. The Bertz CT molecular complexity index is 883. The van der Waals surface area contributed by atoms with Crippen LogP contribution in [0.15, 0.2) is 42.5 Å². The predicted octanol–water partition coefficient (Wildman–Crippen LogP) is 4.29. The van der Waals surface area contributed by atoms with Gasteiger partial charge in [-0.05, 0) is 61.8 Å². The quantitative estimate of drug-likeness (QED) is 0.778. The maximum atomic E-state index is 12.2. The van der Waals surface area contributed by atoms with E-state index in [1.807, 2.05) is 39.2 Å². The van der Waals surface area contributed by atoms with Crippen molar-refractivity contribution in [3.63, 3.8) is 0 Å². The van der Waals surface area contributed by atoms with Gasteiger partial charge in [-0.1, -0.05) is 30.3 Å². The first-order chi connectivity index (χ1) is 13.3. The highest BCUT2D eigenvalue weighted by Crippen LogP contribution is 2.39.